The number of carbonyl (C=O) groups is 1. The number of carbonyl (C=O) groups excluding carboxylic acids is 1. The zero-order valence-electron chi connectivity index (χ0n) is 11.8. The lowest BCUT2D eigenvalue weighted by Gasteiger charge is -2.07. The number of fused-ring (bicyclic) bond motifs is 3. The van der Waals surface area contributed by atoms with Crippen molar-refractivity contribution in [3.63, 3.8) is 0 Å². The van der Waals surface area contributed by atoms with E-state index in [9.17, 15) is 4.79 Å². The van der Waals surface area contributed by atoms with Gasteiger partial charge in [-0.2, -0.15) is 0 Å². The van der Waals surface area contributed by atoms with Crippen molar-refractivity contribution in [2.45, 2.75) is 44.4 Å². The average Bonchev–Trinajstić information content (AvgIpc) is 2.95. The third-order valence-corrected chi connectivity index (χ3v) is 5.47. The molecule has 7 heteroatoms. The number of ether oxygens (including phenoxy) is 1. The van der Waals surface area contributed by atoms with Gasteiger partial charge in [0.2, 0.25) is 0 Å². The van der Waals surface area contributed by atoms with E-state index in [-0.39, 0.29) is 17.8 Å². The summed E-state index contributed by atoms with van der Waals surface area (Å²) in [5.41, 5.74) is 1.32. The fourth-order valence-electron chi connectivity index (χ4n) is 2.42. The van der Waals surface area contributed by atoms with Crippen molar-refractivity contribution in [3.8, 4) is 0 Å². The molecule has 2 aromatic rings. The van der Waals surface area contributed by atoms with Gasteiger partial charge in [0.25, 0.3) is 0 Å². The second-order valence-electron chi connectivity index (χ2n) is 5.16. The Labute approximate surface area is 136 Å². The Kier molecular flexibility index (Phi) is 4.38. The van der Waals surface area contributed by atoms with Crippen LogP contribution in [0.5, 0.6) is 0 Å². The zero-order valence-corrected chi connectivity index (χ0v) is 14.2. The molecule has 0 atom stereocenters. The Bertz CT molecular complexity index is 700. The quantitative estimate of drug-likeness (QED) is 0.365. The first-order valence-electron chi connectivity index (χ1n) is 6.84. The molecule has 0 saturated heterocycles. The van der Waals surface area contributed by atoms with Gasteiger partial charge in [-0.25, -0.2) is 9.97 Å². The predicted octanol–water partition coefficient (Wildman–Crippen LogP) is 3.88. The van der Waals surface area contributed by atoms with Crippen molar-refractivity contribution < 1.29 is 9.53 Å². The van der Waals surface area contributed by atoms with Gasteiger partial charge in [-0.05, 0) is 38.7 Å². The second-order valence-corrected chi connectivity index (χ2v) is 7.55. The van der Waals surface area contributed by atoms with Crippen molar-refractivity contribution in [2.75, 3.05) is 5.75 Å². The number of aromatic nitrogens is 2. The highest BCUT2D eigenvalue weighted by Gasteiger charge is 2.22. The summed E-state index contributed by atoms with van der Waals surface area (Å²) >= 11 is 9.27. The van der Waals surface area contributed by atoms with Crippen LogP contribution < -0.4 is 0 Å². The summed E-state index contributed by atoms with van der Waals surface area (Å²) in [4.78, 5) is 22.7. The van der Waals surface area contributed by atoms with E-state index in [1.807, 2.05) is 13.8 Å². The summed E-state index contributed by atoms with van der Waals surface area (Å²) in [6, 6.07) is 0. The highest BCUT2D eigenvalue weighted by atomic mass is 35.5. The maximum absolute atomic E-state index is 11.6. The normalized spacial score (nSPS) is 13.9. The molecule has 0 N–H and O–H groups in total. The van der Waals surface area contributed by atoms with E-state index < -0.39 is 0 Å². The van der Waals surface area contributed by atoms with E-state index in [0.29, 0.717) is 10.3 Å². The number of hydrogen-bond donors (Lipinski definition) is 0. The van der Waals surface area contributed by atoms with Gasteiger partial charge in [-0.3, -0.25) is 4.79 Å². The summed E-state index contributed by atoms with van der Waals surface area (Å²) in [6.45, 7) is 3.66. The Morgan fingerprint density at radius 3 is 3.00 bits per heavy atom. The molecule has 21 heavy (non-hydrogen) atoms. The molecule has 0 amide bonds. The van der Waals surface area contributed by atoms with Crippen LogP contribution in [0.3, 0.4) is 0 Å². The number of nitrogens with zero attached hydrogens (tertiary/aromatic N) is 2. The fourth-order valence-corrected chi connectivity index (χ4v) is 4.75. The van der Waals surface area contributed by atoms with Crippen LogP contribution >= 0.6 is 34.7 Å². The van der Waals surface area contributed by atoms with E-state index >= 15 is 0 Å². The molecule has 0 unspecified atom stereocenters. The molecule has 3 rings (SSSR count). The number of hydrogen-bond acceptors (Lipinski definition) is 6. The number of aryl methyl sites for hydroxylation is 2. The number of thioether (sulfide) groups is 1. The van der Waals surface area contributed by atoms with Gasteiger partial charge < -0.3 is 4.74 Å². The first-order valence-corrected chi connectivity index (χ1v) is 9.02. The Morgan fingerprint density at radius 1 is 1.43 bits per heavy atom. The standard InChI is InChI=1S/C14H15ClN2O2S2/c1-7(2)19-10(18)6-20-14-16-12(15)11-8-4-3-5-9(8)21-13(11)17-14/h7H,3-6H2,1-2H3. The van der Waals surface area contributed by atoms with Crippen molar-refractivity contribution in [1.82, 2.24) is 9.97 Å². The Morgan fingerprint density at radius 2 is 2.24 bits per heavy atom. The van der Waals surface area contributed by atoms with Crippen LogP contribution in [-0.2, 0) is 22.4 Å². The van der Waals surface area contributed by atoms with Crippen LogP contribution in [-0.4, -0.2) is 27.8 Å². The topological polar surface area (TPSA) is 52.1 Å². The number of thiophene rings is 1. The maximum atomic E-state index is 11.6. The van der Waals surface area contributed by atoms with Crippen LogP contribution in [0.2, 0.25) is 5.15 Å². The third-order valence-electron chi connectivity index (χ3n) is 3.19. The van der Waals surface area contributed by atoms with Crippen LogP contribution in [0.4, 0.5) is 0 Å². The molecule has 0 radical (unpaired) electrons. The minimum Gasteiger partial charge on any atom is -0.462 e. The summed E-state index contributed by atoms with van der Waals surface area (Å²) < 4.78 is 5.09. The lowest BCUT2D eigenvalue weighted by Crippen LogP contribution is -2.13. The molecule has 0 saturated carbocycles. The predicted molar refractivity (Wildman–Crippen MR) is 86.4 cm³/mol. The Hall–Kier alpha value is -0.850. The van der Waals surface area contributed by atoms with Gasteiger partial charge in [0, 0.05) is 4.88 Å². The molecule has 0 spiro atoms. The summed E-state index contributed by atoms with van der Waals surface area (Å²) in [5, 5.41) is 2.04. The number of rotatable bonds is 4. The van der Waals surface area contributed by atoms with Gasteiger partial charge in [0.1, 0.15) is 9.98 Å². The largest absolute Gasteiger partial charge is 0.462 e. The van der Waals surface area contributed by atoms with Crippen LogP contribution in [0.15, 0.2) is 5.16 Å². The zero-order chi connectivity index (χ0) is 15.0. The molecular formula is C14H15ClN2O2S2. The van der Waals surface area contributed by atoms with Gasteiger partial charge in [-0.1, -0.05) is 23.4 Å². The summed E-state index contributed by atoms with van der Waals surface area (Å²) in [6.07, 6.45) is 3.25. The Balaban J connectivity index is 1.80. The van der Waals surface area contributed by atoms with Crippen LogP contribution in [0.25, 0.3) is 10.2 Å². The van der Waals surface area contributed by atoms with E-state index in [0.717, 1.165) is 23.1 Å². The molecule has 2 heterocycles. The molecule has 0 bridgehead atoms. The lowest BCUT2D eigenvalue weighted by molar-refractivity contribution is -0.144. The molecule has 1 aliphatic carbocycles. The first kappa shape index (κ1) is 15.1. The molecule has 4 nitrogen and oxygen atoms in total. The maximum Gasteiger partial charge on any atom is 0.316 e. The number of esters is 1. The monoisotopic (exact) mass is 342 g/mol. The van der Waals surface area contributed by atoms with E-state index in [4.69, 9.17) is 16.3 Å². The van der Waals surface area contributed by atoms with Crippen molar-refractivity contribution in [2.24, 2.45) is 0 Å². The second kappa shape index (κ2) is 6.10. The smallest absolute Gasteiger partial charge is 0.316 e. The SMILES string of the molecule is CC(C)OC(=O)CSc1nc(Cl)c2c3c(sc2n1)CCC3. The van der Waals surface area contributed by atoms with Gasteiger partial charge >= 0.3 is 5.97 Å². The minimum atomic E-state index is -0.261. The number of halogens is 1. The molecule has 0 aromatic carbocycles. The van der Waals surface area contributed by atoms with Gasteiger partial charge in [0.15, 0.2) is 5.16 Å². The minimum absolute atomic E-state index is 0.106. The van der Waals surface area contributed by atoms with E-state index in [2.05, 4.69) is 9.97 Å². The molecule has 0 aliphatic heterocycles. The van der Waals surface area contributed by atoms with Crippen molar-refractivity contribution >= 4 is 50.9 Å². The van der Waals surface area contributed by atoms with E-state index in [1.54, 1.807) is 11.3 Å². The molecule has 112 valence electrons. The highest BCUT2D eigenvalue weighted by molar-refractivity contribution is 7.99. The lowest BCUT2D eigenvalue weighted by atomic mass is 10.2. The molecular weight excluding hydrogens is 328 g/mol. The average molecular weight is 343 g/mol. The fraction of sp³-hybridized carbons (Fsp3) is 0.500. The summed E-state index contributed by atoms with van der Waals surface area (Å²) in [5.74, 6) is -0.0611. The van der Waals surface area contributed by atoms with Crippen LogP contribution in [0, 0.1) is 0 Å². The van der Waals surface area contributed by atoms with Gasteiger partial charge in [0.05, 0.1) is 17.2 Å². The molecule has 2 aromatic heterocycles. The third kappa shape index (κ3) is 3.17. The van der Waals surface area contributed by atoms with Crippen molar-refractivity contribution in [1.29, 1.82) is 0 Å². The van der Waals surface area contributed by atoms with Crippen molar-refractivity contribution in [3.05, 3.63) is 15.6 Å². The molecule has 0 fully saturated rings. The van der Waals surface area contributed by atoms with Gasteiger partial charge in [-0.15, -0.1) is 11.3 Å². The summed E-state index contributed by atoms with van der Waals surface area (Å²) in [7, 11) is 0. The van der Waals surface area contributed by atoms with E-state index in [1.165, 1.54) is 28.6 Å². The first-order chi connectivity index (χ1) is 10.0. The van der Waals surface area contributed by atoms with Crippen LogP contribution in [0.1, 0.15) is 30.7 Å². The highest BCUT2D eigenvalue weighted by Crippen LogP contribution is 2.39. The molecule has 1 aliphatic rings.